The minimum Gasteiger partial charge on any atom is -0.481 e. The van der Waals surface area contributed by atoms with Crippen molar-refractivity contribution in [1.82, 2.24) is 31.9 Å². The molecule has 0 saturated heterocycles. The van der Waals surface area contributed by atoms with E-state index in [1.807, 2.05) is 39.8 Å². The number of carbonyl (C=O) groups is 8. The van der Waals surface area contributed by atoms with Crippen LogP contribution in [0.5, 0.6) is 0 Å². The molecule has 0 bridgehead atoms. The summed E-state index contributed by atoms with van der Waals surface area (Å²) in [4.78, 5) is 103. The van der Waals surface area contributed by atoms with E-state index in [0.717, 1.165) is 24.0 Å². The Labute approximate surface area is 330 Å². The molecule has 16 heteroatoms. The molecule has 16 nitrogen and oxygen atoms in total. The third kappa shape index (κ3) is 17.3. The van der Waals surface area contributed by atoms with Crippen molar-refractivity contribution in [2.24, 2.45) is 17.3 Å². The van der Waals surface area contributed by atoms with E-state index in [2.05, 4.69) is 31.9 Å². The van der Waals surface area contributed by atoms with Gasteiger partial charge in [0.2, 0.25) is 35.4 Å². The number of benzene rings is 1. The van der Waals surface area contributed by atoms with Gasteiger partial charge in [-0.1, -0.05) is 92.5 Å². The first-order valence-corrected chi connectivity index (χ1v) is 19.3. The number of carbonyl (C=O) groups excluding carboxylic acids is 7. The Kier molecular flexibility index (Phi) is 21.0. The summed E-state index contributed by atoms with van der Waals surface area (Å²) < 4.78 is 0. The van der Waals surface area contributed by atoms with Crippen molar-refractivity contribution in [2.45, 2.75) is 144 Å². The fraction of sp³-hybridized carbons (Fsp3) is 0.650. The molecule has 0 aliphatic heterocycles. The maximum Gasteiger partial charge on any atom is 0.303 e. The summed E-state index contributed by atoms with van der Waals surface area (Å²) in [5.41, 5.74) is 0.670. The Morgan fingerprint density at radius 1 is 0.750 bits per heavy atom. The number of carboxylic acids is 1. The summed E-state index contributed by atoms with van der Waals surface area (Å²) in [5, 5.41) is 34.5. The Morgan fingerprint density at radius 2 is 1.34 bits per heavy atom. The van der Waals surface area contributed by atoms with Crippen LogP contribution >= 0.6 is 0 Å². The first-order valence-electron chi connectivity index (χ1n) is 19.3. The fourth-order valence-corrected chi connectivity index (χ4v) is 5.76. The zero-order valence-corrected chi connectivity index (χ0v) is 34.3. The number of aliphatic hydroxyl groups is 1. The SMILES string of the molecule is CCCC[C@@H](C=O)NC(=O)[C@H](CC(C)C)NC(=O)[C@@H](NC(=O)[C@H](Cc1ccccc1C)NC(=O)[C@H](NC(=O)[C@@H](CO)NC(=O)CCC(=O)O)C(C)C)C(C)(C)C. The molecule has 0 aliphatic carbocycles. The Bertz CT molecular complexity index is 1510. The van der Waals surface area contributed by atoms with E-state index in [1.165, 1.54) is 0 Å². The molecular formula is C40H64N6O10. The van der Waals surface area contributed by atoms with E-state index < -0.39 is 108 Å². The van der Waals surface area contributed by atoms with Gasteiger partial charge in [-0.3, -0.25) is 33.6 Å². The number of aliphatic hydroxyl groups excluding tert-OH is 1. The van der Waals surface area contributed by atoms with Crippen LogP contribution in [0, 0.1) is 24.2 Å². The first kappa shape index (κ1) is 49.2. The molecule has 1 aromatic carbocycles. The molecule has 56 heavy (non-hydrogen) atoms. The number of hydrogen-bond donors (Lipinski definition) is 8. The average Bonchev–Trinajstić information content (AvgIpc) is 3.11. The Hall–Kier alpha value is -4.86. The van der Waals surface area contributed by atoms with E-state index >= 15 is 0 Å². The lowest BCUT2D eigenvalue weighted by Gasteiger charge is -2.34. The lowest BCUT2D eigenvalue weighted by Crippen LogP contribution is -2.62. The van der Waals surface area contributed by atoms with Gasteiger partial charge in [-0.15, -0.1) is 0 Å². The predicted octanol–water partition coefficient (Wildman–Crippen LogP) is 1.44. The molecule has 1 rings (SSSR count). The highest BCUT2D eigenvalue weighted by molar-refractivity contribution is 5.97. The second kappa shape index (κ2) is 23.9. The minimum absolute atomic E-state index is 0.00359. The van der Waals surface area contributed by atoms with Gasteiger partial charge in [0.15, 0.2) is 0 Å². The standard InChI is InChI=1S/C40H64N6O10/c1-10-11-16-27(21-47)41-35(52)28(19-23(2)3)44-39(56)34(40(7,8)9)46-36(53)29(20-26-15-13-12-14-25(26)6)43-38(55)33(24(4)5)45-37(54)30(22-48)42-31(49)17-18-32(50)51/h12-15,21,23-24,27-30,33-34,48H,10-11,16-20,22H2,1-9H3,(H,41,52)(H,42,49)(H,43,55)(H,44,56)(H,45,54)(H,46,53)(H,50,51)/t27-,28-,29-,30+,33+,34+/m0/s1. The number of amides is 6. The van der Waals surface area contributed by atoms with Crippen molar-refractivity contribution in [3.63, 3.8) is 0 Å². The number of carboxylic acid groups (broad SMARTS) is 1. The number of nitrogens with one attached hydrogen (secondary N) is 6. The predicted molar refractivity (Wildman–Crippen MR) is 210 cm³/mol. The maximum absolute atomic E-state index is 14.2. The normalized spacial score (nSPS) is 14.6. The second-order valence-electron chi connectivity index (χ2n) is 16.0. The van der Waals surface area contributed by atoms with Gasteiger partial charge in [-0.25, -0.2) is 0 Å². The van der Waals surface area contributed by atoms with Crippen LogP contribution in [0.2, 0.25) is 0 Å². The fourth-order valence-electron chi connectivity index (χ4n) is 5.76. The smallest absolute Gasteiger partial charge is 0.303 e. The quantitative estimate of drug-likeness (QED) is 0.0701. The summed E-state index contributed by atoms with van der Waals surface area (Å²) in [6.45, 7) is 15.2. The van der Waals surface area contributed by atoms with Crippen LogP contribution in [0.1, 0.15) is 105 Å². The summed E-state index contributed by atoms with van der Waals surface area (Å²) >= 11 is 0. The molecule has 0 radical (unpaired) electrons. The molecule has 0 unspecified atom stereocenters. The summed E-state index contributed by atoms with van der Waals surface area (Å²) in [7, 11) is 0. The largest absolute Gasteiger partial charge is 0.481 e. The zero-order valence-electron chi connectivity index (χ0n) is 34.3. The first-order chi connectivity index (χ1) is 26.1. The second-order valence-corrected chi connectivity index (χ2v) is 16.0. The van der Waals surface area contributed by atoms with Gasteiger partial charge in [-0.2, -0.15) is 0 Å². The van der Waals surface area contributed by atoms with Crippen molar-refractivity contribution in [3.05, 3.63) is 35.4 Å². The maximum atomic E-state index is 14.2. The summed E-state index contributed by atoms with van der Waals surface area (Å²) in [6, 6.07) is 0.332. The highest BCUT2D eigenvalue weighted by Gasteiger charge is 2.38. The lowest BCUT2D eigenvalue weighted by atomic mass is 9.85. The molecule has 0 aliphatic rings. The number of aldehydes is 1. The van der Waals surface area contributed by atoms with Gasteiger partial charge in [0.1, 0.15) is 36.5 Å². The van der Waals surface area contributed by atoms with Crippen molar-refractivity contribution in [3.8, 4) is 0 Å². The van der Waals surface area contributed by atoms with Crippen LogP contribution in [0.25, 0.3) is 0 Å². The van der Waals surface area contributed by atoms with Crippen LogP contribution < -0.4 is 31.9 Å². The van der Waals surface area contributed by atoms with Crippen LogP contribution in [0.15, 0.2) is 24.3 Å². The molecule has 6 amide bonds. The number of rotatable bonds is 24. The monoisotopic (exact) mass is 788 g/mol. The van der Waals surface area contributed by atoms with Crippen molar-refractivity contribution in [2.75, 3.05) is 6.61 Å². The molecule has 0 heterocycles. The van der Waals surface area contributed by atoms with Gasteiger partial charge in [0, 0.05) is 12.8 Å². The van der Waals surface area contributed by atoms with Crippen molar-refractivity contribution >= 4 is 47.7 Å². The third-order valence-electron chi connectivity index (χ3n) is 9.08. The van der Waals surface area contributed by atoms with Crippen LogP contribution in [0.3, 0.4) is 0 Å². The average molecular weight is 789 g/mol. The number of aryl methyl sites for hydroxylation is 1. The highest BCUT2D eigenvalue weighted by Crippen LogP contribution is 2.21. The van der Waals surface area contributed by atoms with E-state index in [9.17, 15) is 43.5 Å². The molecular weight excluding hydrogens is 724 g/mol. The van der Waals surface area contributed by atoms with Gasteiger partial charge in [-0.05, 0) is 48.1 Å². The highest BCUT2D eigenvalue weighted by atomic mass is 16.4. The number of hydrogen-bond acceptors (Lipinski definition) is 9. The molecule has 314 valence electrons. The third-order valence-corrected chi connectivity index (χ3v) is 9.08. The molecule has 8 N–H and O–H groups in total. The van der Waals surface area contributed by atoms with Gasteiger partial charge in [0.25, 0.3) is 0 Å². The summed E-state index contributed by atoms with van der Waals surface area (Å²) in [5.74, 6) is -6.09. The van der Waals surface area contributed by atoms with E-state index in [1.54, 1.807) is 46.8 Å². The summed E-state index contributed by atoms with van der Waals surface area (Å²) in [6.07, 6.45) is 2.04. The van der Waals surface area contributed by atoms with E-state index in [4.69, 9.17) is 5.11 Å². The number of aliphatic carboxylic acids is 1. The van der Waals surface area contributed by atoms with Gasteiger partial charge < -0.3 is 46.9 Å². The van der Waals surface area contributed by atoms with Gasteiger partial charge >= 0.3 is 5.97 Å². The van der Waals surface area contributed by atoms with Crippen LogP contribution in [0.4, 0.5) is 0 Å². The van der Waals surface area contributed by atoms with Gasteiger partial charge in [0.05, 0.1) is 19.1 Å². The Balaban J connectivity index is 3.41. The molecule has 0 saturated carbocycles. The molecule has 0 fully saturated rings. The van der Waals surface area contributed by atoms with E-state index in [0.29, 0.717) is 12.7 Å². The van der Waals surface area contributed by atoms with Crippen molar-refractivity contribution < 1.29 is 48.6 Å². The topological polar surface area (TPSA) is 249 Å². The number of unbranched alkanes of at least 4 members (excludes halogenated alkanes) is 1. The lowest BCUT2D eigenvalue weighted by molar-refractivity contribution is -0.139. The minimum atomic E-state index is -1.48. The molecule has 1 aromatic rings. The van der Waals surface area contributed by atoms with Crippen molar-refractivity contribution in [1.29, 1.82) is 0 Å². The molecule has 0 spiro atoms. The Morgan fingerprint density at radius 3 is 1.86 bits per heavy atom. The zero-order chi connectivity index (χ0) is 42.7. The van der Waals surface area contributed by atoms with Crippen LogP contribution in [-0.2, 0) is 44.8 Å². The van der Waals surface area contributed by atoms with E-state index in [-0.39, 0.29) is 18.8 Å². The molecule has 6 atom stereocenters. The van der Waals surface area contributed by atoms with Crippen LogP contribution in [-0.4, -0.2) is 101 Å². The molecule has 0 aromatic heterocycles.